The van der Waals surface area contributed by atoms with E-state index in [-0.39, 0.29) is 5.91 Å². The quantitative estimate of drug-likeness (QED) is 0.620. The minimum Gasteiger partial charge on any atom is -0.339 e. The van der Waals surface area contributed by atoms with Crippen LogP contribution >= 0.6 is 0 Å². The Morgan fingerprint density at radius 3 is 2.21 bits per heavy atom. The molecule has 1 amide bonds. The first-order valence-corrected chi connectivity index (χ1v) is 5.23. The van der Waals surface area contributed by atoms with E-state index in [1.54, 1.807) is 6.08 Å². The molecule has 0 bridgehead atoms. The zero-order valence-corrected chi connectivity index (χ0v) is 9.92. The van der Waals surface area contributed by atoms with E-state index in [1.807, 2.05) is 25.8 Å². The largest absolute Gasteiger partial charge is 0.339 e. The lowest BCUT2D eigenvalue weighted by atomic mass is 9.68. The number of carbonyl (C=O) groups excluding carboxylic acids is 1. The summed E-state index contributed by atoms with van der Waals surface area (Å²) >= 11 is 0. The van der Waals surface area contributed by atoms with Crippen molar-refractivity contribution in [2.75, 3.05) is 7.05 Å². The van der Waals surface area contributed by atoms with Gasteiger partial charge in [-0.25, -0.2) is 0 Å². The highest BCUT2D eigenvalue weighted by Gasteiger charge is 2.39. The first-order valence-electron chi connectivity index (χ1n) is 5.23. The molecule has 80 valence electrons. The van der Waals surface area contributed by atoms with Gasteiger partial charge in [-0.05, 0) is 32.1 Å². The summed E-state index contributed by atoms with van der Waals surface area (Å²) in [5.74, 6) is 0.144. The SMILES string of the molecule is CC(C)=CC(=O)N(C)C1CC(C)(C)C1. The summed E-state index contributed by atoms with van der Waals surface area (Å²) in [6.07, 6.45) is 3.98. The van der Waals surface area contributed by atoms with Crippen LogP contribution in [0.3, 0.4) is 0 Å². The summed E-state index contributed by atoms with van der Waals surface area (Å²) in [5, 5.41) is 0. The zero-order valence-electron chi connectivity index (χ0n) is 9.92. The van der Waals surface area contributed by atoms with E-state index in [0.29, 0.717) is 11.5 Å². The molecule has 0 aromatic heterocycles. The number of allylic oxidation sites excluding steroid dienone is 1. The molecule has 1 aliphatic carbocycles. The predicted octanol–water partition coefficient (Wildman–Crippen LogP) is 2.60. The van der Waals surface area contributed by atoms with E-state index < -0.39 is 0 Å². The Morgan fingerprint density at radius 1 is 1.36 bits per heavy atom. The summed E-state index contributed by atoms with van der Waals surface area (Å²) in [6.45, 7) is 8.42. The molecule has 1 aliphatic rings. The Bertz CT molecular complexity index is 253. The van der Waals surface area contributed by atoms with Crippen LogP contribution in [0.2, 0.25) is 0 Å². The number of nitrogens with zero attached hydrogens (tertiary/aromatic N) is 1. The van der Waals surface area contributed by atoms with Gasteiger partial charge in [0.05, 0.1) is 0 Å². The van der Waals surface area contributed by atoms with Gasteiger partial charge in [-0.15, -0.1) is 0 Å². The fourth-order valence-corrected chi connectivity index (χ4v) is 2.02. The van der Waals surface area contributed by atoms with Crippen LogP contribution in [0.5, 0.6) is 0 Å². The molecule has 0 atom stereocenters. The van der Waals surface area contributed by atoms with Crippen molar-refractivity contribution in [3.05, 3.63) is 11.6 Å². The number of hydrogen-bond donors (Lipinski definition) is 0. The lowest BCUT2D eigenvalue weighted by Crippen LogP contribution is -2.48. The first kappa shape index (κ1) is 11.3. The molecule has 2 nitrogen and oxygen atoms in total. The maximum Gasteiger partial charge on any atom is 0.246 e. The van der Waals surface area contributed by atoms with Crippen molar-refractivity contribution in [2.24, 2.45) is 5.41 Å². The van der Waals surface area contributed by atoms with Crippen molar-refractivity contribution < 1.29 is 4.79 Å². The third-order valence-corrected chi connectivity index (χ3v) is 2.88. The number of hydrogen-bond acceptors (Lipinski definition) is 1. The van der Waals surface area contributed by atoms with Gasteiger partial charge < -0.3 is 4.90 Å². The predicted molar refractivity (Wildman–Crippen MR) is 59.0 cm³/mol. The molecule has 0 aromatic carbocycles. The Hall–Kier alpha value is -0.790. The van der Waals surface area contributed by atoms with Crippen molar-refractivity contribution in [1.82, 2.24) is 4.90 Å². The molecule has 0 heterocycles. The maximum atomic E-state index is 11.6. The zero-order chi connectivity index (χ0) is 10.9. The lowest BCUT2D eigenvalue weighted by molar-refractivity contribution is -0.130. The van der Waals surface area contributed by atoms with E-state index in [0.717, 1.165) is 18.4 Å². The van der Waals surface area contributed by atoms with Gasteiger partial charge in [-0.3, -0.25) is 4.79 Å². The second kappa shape index (κ2) is 3.76. The van der Waals surface area contributed by atoms with Gasteiger partial charge in [0.2, 0.25) is 5.91 Å². The summed E-state index contributed by atoms with van der Waals surface area (Å²) in [4.78, 5) is 13.5. The maximum absolute atomic E-state index is 11.6. The van der Waals surface area contributed by atoms with Gasteiger partial charge in [-0.1, -0.05) is 19.4 Å². The molecule has 0 radical (unpaired) electrons. The number of amides is 1. The molecule has 1 saturated carbocycles. The second-order valence-electron chi connectivity index (χ2n) is 5.40. The second-order valence-corrected chi connectivity index (χ2v) is 5.40. The standard InChI is InChI=1S/C12H21NO/c1-9(2)6-11(14)13(5)10-7-12(3,4)8-10/h6,10H,7-8H2,1-5H3. The van der Waals surface area contributed by atoms with E-state index >= 15 is 0 Å². The average molecular weight is 195 g/mol. The number of rotatable bonds is 2. The molecule has 0 unspecified atom stereocenters. The van der Waals surface area contributed by atoms with Crippen LogP contribution in [-0.2, 0) is 4.79 Å². The van der Waals surface area contributed by atoms with Crippen LogP contribution in [0.25, 0.3) is 0 Å². The molecule has 0 N–H and O–H groups in total. The van der Waals surface area contributed by atoms with E-state index in [9.17, 15) is 4.79 Å². The van der Waals surface area contributed by atoms with Crippen LogP contribution in [0.15, 0.2) is 11.6 Å². The molecule has 1 rings (SSSR count). The van der Waals surface area contributed by atoms with Crippen molar-refractivity contribution in [2.45, 2.75) is 46.6 Å². The third kappa shape index (κ3) is 2.60. The monoisotopic (exact) mass is 195 g/mol. The normalized spacial score (nSPS) is 19.8. The molecule has 2 heteroatoms. The van der Waals surface area contributed by atoms with Crippen molar-refractivity contribution in [3.63, 3.8) is 0 Å². The number of likely N-dealkylation sites (N-methyl/N-ethyl adjacent to an activating group) is 1. The van der Waals surface area contributed by atoms with Crippen LogP contribution in [0, 0.1) is 5.41 Å². The van der Waals surface area contributed by atoms with E-state index in [1.165, 1.54) is 0 Å². The lowest BCUT2D eigenvalue weighted by Gasteiger charge is -2.46. The van der Waals surface area contributed by atoms with Gasteiger partial charge in [0.1, 0.15) is 0 Å². The Morgan fingerprint density at radius 2 is 1.86 bits per heavy atom. The molecule has 0 spiro atoms. The Balaban J connectivity index is 2.48. The molecule has 1 fully saturated rings. The van der Waals surface area contributed by atoms with Crippen LogP contribution in [0.4, 0.5) is 0 Å². The van der Waals surface area contributed by atoms with Crippen molar-refractivity contribution in [3.8, 4) is 0 Å². The average Bonchev–Trinajstić information content (AvgIpc) is 1.97. The number of carbonyl (C=O) groups is 1. The summed E-state index contributed by atoms with van der Waals surface area (Å²) in [6, 6.07) is 0.452. The van der Waals surface area contributed by atoms with Crippen LogP contribution in [-0.4, -0.2) is 23.9 Å². The molecule has 0 saturated heterocycles. The highest BCUT2D eigenvalue weighted by Crippen LogP contribution is 2.42. The van der Waals surface area contributed by atoms with Crippen LogP contribution < -0.4 is 0 Å². The van der Waals surface area contributed by atoms with Gasteiger partial charge in [-0.2, -0.15) is 0 Å². The van der Waals surface area contributed by atoms with E-state index in [4.69, 9.17) is 0 Å². The molecular weight excluding hydrogens is 174 g/mol. The topological polar surface area (TPSA) is 20.3 Å². The molecule has 0 aromatic rings. The Kier molecular flexibility index (Phi) is 3.03. The molecular formula is C12H21NO. The minimum absolute atomic E-state index is 0.144. The first-order chi connectivity index (χ1) is 6.32. The molecule has 0 aliphatic heterocycles. The van der Waals surface area contributed by atoms with Gasteiger partial charge >= 0.3 is 0 Å². The smallest absolute Gasteiger partial charge is 0.246 e. The third-order valence-electron chi connectivity index (χ3n) is 2.88. The van der Waals surface area contributed by atoms with Gasteiger partial charge in [0.25, 0.3) is 0 Å². The fourth-order valence-electron chi connectivity index (χ4n) is 2.02. The summed E-state index contributed by atoms with van der Waals surface area (Å²) in [5.41, 5.74) is 1.50. The van der Waals surface area contributed by atoms with Crippen molar-refractivity contribution >= 4 is 5.91 Å². The Labute approximate surface area is 87.0 Å². The summed E-state index contributed by atoms with van der Waals surface area (Å²) in [7, 11) is 1.90. The molecule has 14 heavy (non-hydrogen) atoms. The van der Waals surface area contributed by atoms with Crippen LogP contribution in [0.1, 0.15) is 40.5 Å². The van der Waals surface area contributed by atoms with Crippen molar-refractivity contribution in [1.29, 1.82) is 0 Å². The fraction of sp³-hybridized carbons (Fsp3) is 0.750. The van der Waals surface area contributed by atoms with E-state index in [2.05, 4.69) is 13.8 Å². The van der Waals surface area contributed by atoms with Gasteiger partial charge in [0, 0.05) is 19.2 Å². The minimum atomic E-state index is 0.144. The summed E-state index contributed by atoms with van der Waals surface area (Å²) < 4.78 is 0. The highest BCUT2D eigenvalue weighted by molar-refractivity contribution is 5.88. The highest BCUT2D eigenvalue weighted by atomic mass is 16.2. The van der Waals surface area contributed by atoms with Gasteiger partial charge in [0.15, 0.2) is 0 Å².